The molecular formula is C12H10N4S2. The van der Waals surface area contributed by atoms with Gasteiger partial charge in [-0.25, -0.2) is 4.98 Å². The molecule has 0 bridgehead atoms. The molecule has 0 atom stereocenters. The van der Waals surface area contributed by atoms with E-state index in [1.807, 2.05) is 31.2 Å². The molecule has 90 valence electrons. The van der Waals surface area contributed by atoms with E-state index in [1.54, 1.807) is 18.0 Å². The zero-order chi connectivity index (χ0) is 12.5. The van der Waals surface area contributed by atoms with Crippen molar-refractivity contribution in [2.75, 3.05) is 5.73 Å². The lowest BCUT2D eigenvalue weighted by Crippen LogP contribution is -1.91. The fourth-order valence-electron chi connectivity index (χ4n) is 1.66. The molecule has 0 spiro atoms. The van der Waals surface area contributed by atoms with Gasteiger partial charge in [-0.3, -0.25) is 4.98 Å². The Bertz CT molecular complexity index is 708. The number of anilines is 1. The smallest absolute Gasteiger partial charge is 0.174 e. The van der Waals surface area contributed by atoms with E-state index in [1.165, 1.54) is 11.5 Å². The van der Waals surface area contributed by atoms with E-state index in [0.29, 0.717) is 0 Å². The molecule has 0 saturated heterocycles. The van der Waals surface area contributed by atoms with Crippen LogP contribution in [0.15, 0.2) is 39.7 Å². The predicted molar refractivity (Wildman–Crippen MR) is 74.9 cm³/mol. The molecule has 0 fully saturated rings. The summed E-state index contributed by atoms with van der Waals surface area (Å²) in [7, 11) is 0. The van der Waals surface area contributed by atoms with Gasteiger partial charge in [0.15, 0.2) is 4.34 Å². The van der Waals surface area contributed by atoms with Crippen molar-refractivity contribution in [2.24, 2.45) is 0 Å². The number of nitrogen functional groups attached to an aromatic ring is 1. The summed E-state index contributed by atoms with van der Waals surface area (Å²) in [6, 6.07) is 7.82. The number of hydrogen-bond acceptors (Lipinski definition) is 6. The first-order valence-corrected chi connectivity index (χ1v) is 6.94. The van der Waals surface area contributed by atoms with Gasteiger partial charge >= 0.3 is 0 Å². The Morgan fingerprint density at radius 2 is 2.17 bits per heavy atom. The molecule has 0 aliphatic carbocycles. The molecule has 3 rings (SSSR count). The first-order chi connectivity index (χ1) is 8.74. The number of pyridine rings is 1. The molecular weight excluding hydrogens is 264 g/mol. The molecule has 1 aromatic carbocycles. The van der Waals surface area contributed by atoms with Crippen molar-refractivity contribution in [1.29, 1.82) is 0 Å². The van der Waals surface area contributed by atoms with Crippen LogP contribution in [0.3, 0.4) is 0 Å². The lowest BCUT2D eigenvalue weighted by Gasteiger charge is -2.06. The lowest BCUT2D eigenvalue weighted by molar-refractivity contribution is 1.10. The molecule has 0 amide bonds. The maximum atomic E-state index is 6.17. The highest BCUT2D eigenvalue weighted by molar-refractivity contribution is 8.01. The summed E-state index contributed by atoms with van der Waals surface area (Å²) in [6.07, 6.45) is 1.77. The quantitative estimate of drug-likeness (QED) is 0.727. The second kappa shape index (κ2) is 4.55. The minimum Gasteiger partial charge on any atom is -0.397 e. The van der Waals surface area contributed by atoms with Crippen LogP contribution >= 0.6 is 23.3 Å². The average Bonchev–Trinajstić information content (AvgIpc) is 2.79. The summed E-state index contributed by atoms with van der Waals surface area (Å²) in [5, 5.41) is 0.976. The monoisotopic (exact) mass is 274 g/mol. The van der Waals surface area contributed by atoms with Crippen LogP contribution in [0.1, 0.15) is 5.82 Å². The average molecular weight is 274 g/mol. The Labute approximate surface area is 112 Å². The SMILES string of the molecule is Cc1nsc(Sc2ccc3ncccc3c2N)n1. The maximum absolute atomic E-state index is 6.17. The molecule has 18 heavy (non-hydrogen) atoms. The molecule has 0 radical (unpaired) electrons. The summed E-state index contributed by atoms with van der Waals surface area (Å²) in [5.74, 6) is 0.795. The van der Waals surface area contributed by atoms with Gasteiger partial charge in [0, 0.05) is 16.5 Å². The van der Waals surface area contributed by atoms with Crippen LogP contribution in [-0.2, 0) is 0 Å². The van der Waals surface area contributed by atoms with Crippen molar-refractivity contribution in [1.82, 2.24) is 14.3 Å². The van der Waals surface area contributed by atoms with Crippen molar-refractivity contribution < 1.29 is 0 Å². The molecule has 2 N–H and O–H groups in total. The summed E-state index contributed by atoms with van der Waals surface area (Å²) in [5.41, 5.74) is 7.83. The van der Waals surface area contributed by atoms with E-state index in [-0.39, 0.29) is 0 Å². The van der Waals surface area contributed by atoms with Crippen molar-refractivity contribution in [3.05, 3.63) is 36.3 Å². The van der Waals surface area contributed by atoms with E-state index < -0.39 is 0 Å². The van der Waals surface area contributed by atoms with E-state index in [4.69, 9.17) is 5.73 Å². The number of rotatable bonds is 2. The van der Waals surface area contributed by atoms with Crippen LogP contribution in [0.25, 0.3) is 10.9 Å². The van der Waals surface area contributed by atoms with Gasteiger partial charge in [-0.1, -0.05) is 11.8 Å². The summed E-state index contributed by atoms with van der Waals surface area (Å²) in [6.45, 7) is 1.88. The van der Waals surface area contributed by atoms with Crippen LogP contribution in [-0.4, -0.2) is 14.3 Å². The number of fused-ring (bicyclic) bond motifs is 1. The summed E-state index contributed by atoms with van der Waals surface area (Å²) in [4.78, 5) is 9.60. The van der Waals surface area contributed by atoms with E-state index in [2.05, 4.69) is 14.3 Å². The maximum Gasteiger partial charge on any atom is 0.174 e. The van der Waals surface area contributed by atoms with Gasteiger partial charge in [-0.15, -0.1) is 0 Å². The third kappa shape index (κ3) is 2.04. The van der Waals surface area contributed by atoms with Gasteiger partial charge in [-0.05, 0) is 42.7 Å². The van der Waals surface area contributed by atoms with E-state index in [0.717, 1.165) is 31.6 Å². The number of aryl methyl sites for hydroxylation is 1. The minimum absolute atomic E-state index is 0.749. The van der Waals surface area contributed by atoms with Gasteiger partial charge in [-0.2, -0.15) is 4.37 Å². The fraction of sp³-hybridized carbons (Fsp3) is 0.0833. The highest BCUT2D eigenvalue weighted by atomic mass is 32.2. The van der Waals surface area contributed by atoms with Gasteiger partial charge < -0.3 is 5.73 Å². The highest BCUT2D eigenvalue weighted by Crippen LogP contribution is 2.36. The summed E-state index contributed by atoms with van der Waals surface area (Å²) >= 11 is 2.93. The van der Waals surface area contributed by atoms with Crippen molar-refractivity contribution >= 4 is 39.9 Å². The number of aromatic nitrogens is 3. The molecule has 0 aliphatic heterocycles. The van der Waals surface area contributed by atoms with Crippen molar-refractivity contribution in [2.45, 2.75) is 16.2 Å². The Balaban J connectivity index is 2.04. The Hall–Kier alpha value is -1.66. The zero-order valence-electron chi connectivity index (χ0n) is 9.62. The number of nitrogens with zero attached hydrogens (tertiary/aromatic N) is 3. The molecule has 2 aromatic heterocycles. The first-order valence-electron chi connectivity index (χ1n) is 5.35. The number of hydrogen-bond donors (Lipinski definition) is 1. The van der Waals surface area contributed by atoms with Crippen LogP contribution in [0.4, 0.5) is 5.69 Å². The fourth-order valence-corrected chi connectivity index (χ4v) is 3.33. The second-order valence-electron chi connectivity index (χ2n) is 3.76. The van der Waals surface area contributed by atoms with Crippen LogP contribution in [0.5, 0.6) is 0 Å². The molecule has 6 heteroatoms. The minimum atomic E-state index is 0.749. The molecule has 0 unspecified atom stereocenters. The van der Waals surface area contributed by atoms with Crippen LogP contribution in [0, 0.1) is 6.92 Å². The first kappa shape index (κ1) is 11.4. The third-order valence-corrected chi connectivity index (χ3v) is 4.41. The van der Waals surface area contributed by atoms with Crippen LogP contribution < -0.4 is 5.73 Å². The molecule has 4 nitrogen and oxygen atoms in total. The number of nitrogens with two attached hydrogens (primary N) is 1. The standard InChI is InChI=1S/C12H10N4S2/c1-7-15-12(18-16-7)17-10-5-4-9-8(11(10)13)3-2-6-14-9/h2-6H,13H2,1H3. The highest BCUT2D eigenvalue weighted by Gasteiger charge is 2.09. The van der Waals surface area contributed by atoms with Crippen molar-refractivity contribution in [3.8, 4) is 0 Å². The Kier molecular flexibility index (Phi) is 2.89. The van der Waals surface area contributed by atoms with Gasteiger partial charge in [0.25, 0.3) is 0 Å². The zero-order valence-corrected chi connectivity index (χ0v) is 11.3. The third-order valence-electron chi connectivity index (χ3n) is 2.49. The normalized spacial score (nSPS) is 10.9. The molecule has 0 saturated carbocycles. The Morgan fingerprint density at radius 3 is 2.94 bits per heavy atom. The largest absolute Gasteiger partial charge is 0.397 e. The van der Waals surface area contributed by atoms with Gasteiger partial charge in [0.05, 0.1) is 11.2 Å². The second-order valence-corrected chi connectivity index (χ2v) is 5.80. The molecule has 2 heterocycles. The van der Waals surface area contributed by atoms with E-state index >= 15 is 0 Å². The Morgan fingerprint density at radius 1 is 1.28 bits per heavy atom. The lowest BCUT2D eigenvalue weighted by atomic mass is 10.2. The predicted octanol–water partition coefficient (Wildman–Crippen LogP) is 3.13. The molecule has 3 aromatic rings. The number of benzene rings is 1. The van der Waals surface area contributed by atoms with Gasteiger partial charge in [0.1, 0.15) is 5.82 Å². The summed E-state index contributed by atoms with van der Waals surface area (Å²) < 4.78 is 5.07. The topological polar surface area (TPSA) is 64.7 Å². The van der Waals surface area contributed by atoms with Crippen molar-refractivity contribution in [3.63, 3.8) is 0 Å². The van der Waals surface area contributed by atoms with Crippen LogP contribution in [0.2, 0.25) is 0 Å². The van der Waals surface area contributed by atoms with Gasteiger partial charge in [0.2, 0.25) is 0 Å². The van der Waals surface area contributed by atoms with E-state index in [9.17, 15) is 0 Å². The molecule has 0 aliphatic rings.